The molecule has 130 valence electrons. The Labute approximate surface area is 141 Å². The van der Waals surface area contributed by atoms with E-state index in [1.54, 1.807) is 37.3 Å². The predicted octanol–water partition coefficient (Wildman–Crippen LogP) is 2.92. The molecule has 0 saturated carbocycles. The Bertz CT molecular complexity index is 663. The van der Waals surface area contributed by atoms with E-state index in [1.807, 2.05) is 0 Å². The smallest absolute Gasteiger partial charge is 0.203 e. The minimum Gasteiger partial charge on any atom is -0.504 e. The molecular formula is C18H22O6. The molecule has 0 saturated heterocycles. The number of phenols is 1. The molecule has 0 bridgehead atoms. The molecule has 6 nitrogen and oxygen atoms in total. The van der Waals surface area contributed by atoms with E-state index in [0.717, 1.165) is 0 Å². The van der Waals surface area contributed by atoms with Crippen LogP contribution >= 0.6 is 0 Å². The van der Waals surface area contributed by atoms with Gasteiger partial charge in [-0.15, -0.1) is 0 Å². The molecule has 0 aliphatic carbocycles. The summed E-state index contributed by atoms with van der Waals surface area (Å²) in [6.45, 7) is 1.73. The average Bonchev–Trinajstić information content (AvgIpc) is 2.61. The van der Waals surface area contributed by atoms with Gasteiger partial charge in [-0.2, -0.15) is 0 Å². The molecule has 0 heterocycles. The first-order valence-electron chi connectivity index (χ1n) is 7.44. The van der Waals surface area contributed by atoms with Crippen molar-refractivity contribution < 1.29 is 29.2 Å². The summed E-state index contributed by atoms with van der Waals surface area (Å²) in [7, 11) is 4.52. The normalized spacial score (nSPS) is 13.0. The third kappa shape index (κ3) is 3.65. The Hall–Kier alpha value is -2.60. The molecule has 0 aliphatic rings. The second-order valence-electron chi connectivity index (χ2n) is 5.19. The van der Waals surface area contributed by atoms with E-state index in [0.29, 0.717) is 22.8 Å². The largest absolute Gasteiger partial charge is 0.504 e. The molecule has 2 aromatic carbocycles. The van der Waals surface area contributed by atoms with Crippen molar-refractivity contribution in [2.75, 3.05) is 21.3 Å². The molecule has 24 heavy (non-hydrogen) atoms. The van der Waals surface area contributed by atoms with Gasteiger partial charge in [0.2, 0.25) is 5.75 Å². The van der Waals surface area contributed by atoms with Crippen molar-refractivity contribution in [3.8, 4) is 28.7 Å². The monoisotopic (exact) mass is 334 g/mol. The van der Waals surface area contributed by atoms with Crippen molar-refractivity contribution >= 4 is 0 Å². The quantitative estimate of drug-likeness (QED) is 0.811. The third-order valence-corrected chi connectivity index (χ3v) is 3.68. The van der Waals surface area contributed by atoms with Gasteiger partial charge in [0.05, 0.1) is 21.3 Å². The minimum atomic E-state index is -0.936. The lowest BCUT2D eigenvalue weighted by Gasteiger charge is -2.23. The second kappa shape index (κ2) is 7.79. The number of aromatic hydroxyl groups is 1. The van der Waals surface area contributed by atoms with E-state index in [2.05, 4.69) is 0 Å². The Morgan fingerprint density at radius 3 is 2.00 bits per heavy atom. The van der Waals surface area contributed by atoms with Gasteiger partial charge in [0.25, 0.3) is 0 Å². The number of para-hydroxylation sites is 1. The second-order valence-corrected chi connectivity index (χ2v) is 5.19. The van der Waals surface area contributed by atoms with Gasteiger partial charge in [0.1, 0.15) is 12.2 Å². The first kappa shape index (κ1) is 17.7. The Balaban J connectivity index is 2.25. The number of hydrogen-bond donors (Lipinski definition) is 2. The molecule has 2 aromatic rings. The maximum absolute atomic E-state index is 10.5. The summed E-state index contributed by atoms with van der Waals surface area (Å²) in [6, 6.07) is 9.94. The number of hydrogen-bond acceptors (Lipinski definition) is 6. The molecule has 0 aliphatic heterocycles. The maximum atomic E-state index is 10.5. The zero-order valence-corrected chi connectivity index (χ0v) is 14.1. The fourth-order valence-electron chi connectivity index (χ4n) is 2.33. The van der Waals surface area contributed by atoms with Gasteiger partial charge in [-0.05, 0) is 36.8 Å². The maximum Gasteiger partial charge on any atom is 0.203 e. The first-order valence-corrected chi connectivity index (χ1v) is 7.44. The van der Waals surface area contributed by atoms with Crippen LogP contribution in [0.3, 0.4) is 0 Å². The van der Waals surface area contributed by atoms with Crippen molar-refractivity contribution in [3.63, 3.8) is 0 Å². The topological polar surface area (TPSA) is 77.4 Å². The number of methoxy groups -OCH3 is 3. The van der Waals surface area contributed by atoms with Crippen molar-refractivity contribution in [2.24, 2.45) is 0 Å². The summed E-state index contributed by atoms with van der Waals surface area (Å²) in [6.07, 6.45) is -1.53. The van der Waals surface area contributed by atoms with Crippen molar-refractivity contribution in [1.29, 1.82) is 0 Å². The lowest BCUT2D eigenvalue weighted by molar-refractivity contribution is 0.0433. The number of phenolic OH excluding ortho intramolecular Hbond substituents is 1. The number of benzene rings is 2. The SMILES string of the molecule is COc1cc(C(O)C(C)Oc2c(OC)cccc2OC)ccc1O. The summed E-state index contributed by atoms with van der Waals surface area (Å²) in [5.74, 6) is 1.73. The molecular weight excluding hydrogens is 312 g/mol. The number of ether oxygens (including phenoxy) is 4. The number of rotatable bonds is 7. The van der Waals surface area contributed by atoms with E-state index in [-0.39, 0.29) is 11.5 Å². The average molecular weight is 334 g/mol. The van der Waals surface area contributed by atoms with Crippen LogP contribution in [0.5, 0.6) is 28.7 Å². The molecule has 0 aromatic heterocycles. The molecule has 2 unspecified atom stereocenters. The summed E-state index contributed by atoms with van der Waals surface area (Å²) >= 11 is 0. The van der Waals surface area contributed by atoms with Crippen LogP contribution in [0, 0.1) is 0 Å². The highest BCUT2D eigenvalue weighted by molar-refractivity contribution is 5.51. The minimum absolute atomic E-state index is 0.00780. The van der Waals surface area contributed by atoms with E-state index in [9.17, 15) is 10.2 Å². The van der Waals surface area contributed by atoms with E-state index in [1.165, 1.54) is 27.4 Å². The van der Waals surface area contributed by atoms with Crippen LogP contribution in [0.2, 0.25) is 0 Å². The van der Waals surface area contributed by atoms with Gasteiger partial charge in [0.15, 0.2) is 23.0 Å². The van der Waals surface area contributed by atoms with Crippen LogP contribution in [0.25, 0.3) is 0 Å². The van der Waals surface area contributed by atoms with Gasteiger partial charge in [-0.25, -0.2) is 0 Å². The first-order chi connectivity index (χ1) is 11.5. The van der Waals surface area contributed by atoms with Crippen LogP contribution in [0.4, 0.5) is 0 Å². The van der Waals surface area contributed by atoms with Gasteiger partial charge in [0, 0.05) is 0 Å². The van der Waals surface area contributed by atoms with Crippen molar-refractivity contribution in [3.05, 3.63) is 42.0 Å². The zero-order chi connectivity index (χ0) is 17.7. The van der Waals surface area contributed by atoms with Crippen LogP contribution in [0.1, 0.15) is 18.6 Å². The van der Waals surface area contributed by atoms with E-state index in [4.69, 9.17) is 18.9 Å². The number of aliphatic hydroxyl groups is 1. The van der Waals surface area contributed by atoms with Gasteiger partial charge in [-0.1, -0.05) is 12.1 Å². The molecule has 0 fully saturated rings. The standard InChI is InChI=1S/C18H22O6/c1-11(17(20)12-8-9-13(19)16(10-12)23-4)24-18-14(21-2)6-5-7-15(18)22-3/h5-11,17,19-20H,1-4H3. The van der Waals surface area contributed by atoms with Crippen LogP contribution in [-0.2, 0) is 0 Å². The summed E-state index contributed by atoms with van der Waals surface area (Å²) in [5.41, 5.74) is 0.561. The highest BCUT2D eigenvalue weighted by atomic mass is 16.5. The molecule has 2 N–H and O–H groups in total. The highest BCUT2D eigenvalue weighted by Crippen LogP contribution is 2.39. The van der Waals surface area contributed by atoms with Crippen LogP contribution in [-0.4, -0.2) is 37.6 Å². The molecule has 0 amide bonds. The van der Waals surface area contributed by atoms with E-state index < -0.39 is 12.2 Å². The van der Waals surface area contributed by atoms with Crippen LogP contribution < -0.4 is 18.9 Å². The lowest BCUT2D eigenvalue weighted by atomic mass is 10.0. The van der Waals surface area contributed by atoms with Gasteiger partial charge < -0.3 is 29.2 Å². The molecule has 2 rings (SSSR count). The molecule has 6 heteroatoms. The van der Waals surface area contributed by atoms with E-state index >= 15 is 0 Å². The predicted molar refractivity (Wildman–Crippen MR) is 89.3 cm³/mol. The summed E-state index contributed by atoms with van der Waals surface area (Å²) < 4.78 is 21.5. The zero-order valence-electron chi connectivity index (χ0n) is 14.1. The molecule has 0 radical (unpaired) electrons. The third-order valence-electron chi connectivity index (χ3n) is 3.68. The van der Waals surface area contributed by atoms with Crippen molar-refractivity contribution in [2.45, 2.75) is 19.1 Å². The highest BCUT2D eigenvalue weighted by Gasteiger charge is 2.23. The Kier molecular flexibility index (Phi) is 5.76. The Morgan fingerprint density at radius 2 is 1.46 bits per heavy atom. The molecule has 2 atom stereocenters. The van der Waals surface area contributed by atoms with Crippen LogP contribution in [0.15, 0.2) is 36.4 Å². The number of aliphatic hydroxyl groups excluding tert-OH is 1. The fraction of sp³-hybridized carbons (Fsp3) is 0.333. The summed E-state index contributed by atoms with van der Waals surface area (Å²) in [5, 5.41) is 20.2. The fourth-order valence-corrected chi connectivity index (χ4v) is 2.33. The van der Waals surface area contributed by atoms with Gasteiger partial charge in [-0.3, -0.25) is 0 Å². The Morgan fingerprint density at radius 1 is 0.875 bits per heavy atom. The lowest BCUT2D eigenvalue weighted by Crippen LogP contribution is -2.22. The molecule has 0 spiro atoms. The van der Waals surface area contributed by atoms with Crippen molar-refractivity contribution in [1.82, 2.24) is 0 Å². The summed E-state index contributed by atoms with van der Waals surface area (Å²) in [4.78, 5) is 0. The van der Waals surface area contributed by atoms with Gasteiger partial charge >= 0.3 is 0 Å².